The largest absolute Gasteiger partial charge is 0.401 e. The van der Waals surface area contributed by atoms with Gasteiger partial charge >= 0.3 is 6.18 Å². The minimum Gasteiger partial charge on any atom is -0.356 e. The molecule has 0 aromatic carbocycles. The number of likely N-dealkylation sites (tertiary alicyclic amines) is 1. The molecule has 0 bridgehead atoms. The Bertz CT molecular complexity index is 358. The molecule has 0 amide bonds. The van der Waals surface area contributed by atoms with E-state index < -0.39 is 12.7 Å². The number of halogens is 4. The van der Waals surface area contributed by atoms with Crippen LogP contribution in [0.3, 0.4) is 0 Å². The molecule has 8 heteroatoms. The highest BCUT2D eigenvalue weighted by Gasteiger charge is 2.34. The molecule has 1 aliphatic heterocycles. The zero-order chi connectivity index (χ0) is 15.3. The van der Waals surface area contributed by atoms with Gasteiger partial charge in [0.05, 0.1) is 6.54 Å². The van der Waals surface area contributed by atoms with Crippen molar-refractivity contribution in [3.63, 3.8) is 0 Å². The standard InChI is InChI=1S/C14H25F3N4.HI/c1-18-13(19-7-2-3-11-4-5-11)20-12-6-8-21(9-12)10-14(15,16)17;/h11-12H,2-10H2,1H3,(H2,18,19,20);1H. The van der Waals surface area contributed by atoms with Crippen molar-refractivity contribution in [3.8, 4) is 0 Å². The van der Waals surface area contributed by atoms with Crippen molar-refractivity contribution < 1.29 is 13.2 Å². The third-order valence-corrected chi connectivity index (χ3v) is 4.02. The van der Waals surface area contributed by atoms with E-state index in [2.05, 4.69) is 15.6 Å². The SMILES string of the molecule is CN=C(NCCCC1CC1)NC1CCN(CC(F)(F)F)C1.I. The summed E-state index contributed by atoms with van der Waals surface area (Å²) in [6, 6.07) is 0.0435. The van der Waals surface area contributed by atoms with Crippen molar-refractivity contribution >= 4 is 29.9 Å². The van der Waals surface area contributed by atoms with Crippen molar-refractivity contribution in [1.29, 1.82) is 0 Å². The summed E-state index contributed by atoms with van der Waals surface area (Å²) in [5.74, 6) is 1.62. The third-order valence-electron chi connectivity index (χ3n) is 4.02. The number of hydrogen-bond acceptors (Lipinski definition) is 2. The van der Waals surface area contributed by atoms with Crippen LogP contribution in [0.2, 0.25) is 0 Å². The fourth-order valence-electron chi connectivity index (χ4n) is 2.74. The van der Waals surface area contributed by atoms with Gasteiger partial charge in [-0.3, -0.25) is 9.89 Å². The molecular weight excluding hydrogens is 408 g/mol. The van der Waals surface area contributed by atoms with Crippen LogP contribution in [0.15, 0.2) is 4.99 Å². The number of nitrogens with zero attached hydrogens (tertiary/aromatic N) is 2. The first-order valence-electron chi connectivity index (χ1n) is 7.72. The van der Waals surface area contributed by atoms with E-state index >= 15 is 0 Å². The maximum Gasteiger partial charge on any atom is 0.401 e. The van der Waals surface area contributed by atoms with E-state index in [9.17, 15) is 13.2 Å². The van der Waals surface area contributed by atoms with E-state index in [-0.39, 0.29) is 30.0 Å². The molecule has 4 nitrogen and oxygen atoms in total. The predicted octanol–water partition coefficient (Wildman–Crippen LogP) is 2.60. The van der Waals surface area contributed by atoms with Gasteiger partial charge in [-0.2, -0.15) is 13.2 Å². The zero-order valence-electron chi connectivity index (χ0n) is 13.0. The predicted molar refractivity (Wildman–Crippen MR) is 92.8 cm³/mol. The smallest absolute Gasteiger partial charge is 0.356 e. The summed E-state index contributed by atoms with van der Waals surface area (Å²) < 4.78 is 37.0. The van der Waals surface area contributed by atoms with Crippen LogP contribution >= 0.6 is 24.0 Å². The molecule has 1 saturated carbocycles. The first-order chi connectivity index (χ1) is 9.96. The Labute approximate surface area is 147 Å². The summed E-state index contributed by atoms with van der Waals surface area (Å²) in [6.07, 6.45) is 1.72. The van der Waals surface area contributed by atoms with Gasteiger partial charge in [-0.25, -0.2) is 0 Å². The Morgan fingerprint density at radius 1 is 1.27 bits per heavy atom. The second-order valence-corrected chi connectivity index (χ2v) is 6.06. The summed E-state index contributed by atoms with van der Waals surface area (Å²) >= 11 is 0. The maximum absolute atomic E-state index is 12.3. The van der Waals surface area contributed by atoms with Gasteiger partial charge in [-0.1, -0.05) is 12.8 Å². The lowest BCUT2D eigenvalue weighted by Crippen LogP contribution is -2.45. The monoisotopic (exact) mass is 434 g/mol. The Morgan fingerprint density at radius 2 is 2.00 bits per heavy atom. The zero-order valence-corrected chi connectivity index (χ0v) is 15.3. The van der Waals surface area contributed by atoms with Crippen LogP contribution < -0.4 is 10.6 Å². The summed E-state index contributed by atoms with van der Waals surface area (Å²) in [5.41, 5.74) is 0. The van der Waals surface area contributed by atoms with E-state index in [1.54, 1.807) is 7.05 Å². The molecule has 0 radical (unpaired) electrons. The number of rotatable bonds is 6. The van der Waals surface area contributed by atoms with Crippen LogP contribution in [0, 0.1) is 5.92 Å². The van der Waals surface area contributed by atoms with Crippen molar-refractivity contribution in [3.05, 3.63) is 0 Å². The molecule has 1 heterocycles. The molecule has 0 spiro atoms. The molecule has 22 heavy (non-hydrogen) atoms. The highest BCUT2D eigenvalue weighted by Crippen LogP contribution is 2.33. The minimum absolute atomic E-state index is 0. The first-order valence-corrected chi connectivity index (χ1v) is 7.72. The molecule has 2 fully saturated rings. The Morgan fingerprint density at radius 3 is 2.59 bits per heavy atom. The molecular formula is C14H26F3IN4. The molecule has 0 aromatic rings. The van der Waals surface area contributed by atoms with Crippen molar-refractivity contribution in [2.75, 3.05) is 33.2 Å². The quantitative estimate of drug-likeness (QED) is 0.292. The highest BCUT2D eigenvalue weighted by atomic mass is 127. The second kappa shape index (κ2) is 9.14. The van der Waals surface area contributed by atoms with E-state index in [1.807, 2.05) is 0 Å². The van der Waals surface area contributed by atoms with Crippen LogP contribution in [0.4, 0.5) is 13.2 Å². The molecule has 130 valence electrons. The number of guanidine groups is 1. The Hall–Kier alpha value is -0.250. The van der Waals surface area contributed by atoms with Gasteiger partial charge in [0.2, 0.25) is 0 Å². The van der Waals surface area contributed by atoms with Crippen molar-refractivity contribution in [2.45, 2.75) is 44.3 Å². The Balaban J connectivity index is 0.00000242. The molecule has 2 rings (SSSR count). The van der Waals surface area contributed by atoms with E-state index in [1.165, 1.54) is 24.2 Å². The van der Waals surface area contributed by atoms with Gasteiger partial charge in [0.25, 0.3) is 0 Å². The summed E-state index contributed by atoms with van der Waals surface area (Å²) in [5, 5.41) is 6.46. The molecule has 1 saturated heterocycles. The Kier molecular flexibility index (Phi) is 8.23. The number of nitrogens with one attached hydrogen (secondary N) is 2. The van der Waals surface area contributed by atoms with Gasteiger partial charge in [-0.05, 0) is 25.2 Å². The highest BCUT2D eigenvalue weighted by molar-refractivity contribution is 14.0. The molecule has 2 aliphatic rings. The summed E-state index contributed by atoms with van der Waals surface area (Å²) in [4.78, 5) is 5.58. The molecule has 1 atom stereocenters. The van der Waals surface area contributed by atoms with Crippen LogP contribution in [-0.2, 0) is 0 Å². The van der Waals surface area contributed by atoms with Gasteiger partial charge in [-0.15, -0.1) is 24.0 Å². The molecule has 1 unspecified atom stereocenters. The van der Waals surface area contributed by atoms with Crippen molar-refractivity contribution in [1.82, 2.24) is 15.5 Å². The van der Waals surface area contributed by atoms with Crippen LogP contribution in [0.5, 0.6) is 0 Å². The maximum atomic E-state index is 12.3. The fourth-order valence-corrected chi connectivity index (χ4v) is 2.74. The number of hydrogen-bond donors (Lipinski definition) is 2. The fraction of sp³-hybridized carbons (Fsp3) is 0.929. The average Bonchev–Trinajstić information content (AvgIpc) is 3.13. The number of aliphatic imine (C=N–C) groups is 1. The lowest BCUT2D eigenvalue weighted by atomic mass is 10.2. The second-order valence-electron chi connectivity index (χ2n) is 6.06. The summed E-state index contributed by atoms with van der Waals surface area (Å²) in [6.45, 7) is 0.950. The van der Waals surface area contributed by atoms with E-state index in [0.29, 0.717) is 19.0 Å². The van der Waals surface area contributed by atoms with Gasteiger partial charge in [0, 0.05) is 32.7 Å². The number of alkyl halides is 3. The van der Waals surface area contributed by atoms with Gasteiger partial charge < -0.3 is 10.6 Å². The van der Waals surface area contributed by atoms with Crippen LogP contribution in [0.25, 0.3) is 0 Å². The van der Waals surface area contributed by atoms with E-state index in [4.69, 9.17) is 0 Å². The third kappa shape index (κ3) is 7.85. The first kappa shape index (κ1) is 19.8. The summed E-state index contributed by atoms with van der Waals surface area (Å²) in [7, 11) is 1.69. The van der Waals surface area contributed by atoms with Gasteiger partial charge in [0.1, 0.15) is 0 Å². The normalized spacial score (nSPS) is 23.3. The molecule has 2 N–H and O–H groups in total. The van der Waals surface area contributed by atoms with Crippen LogP contribution in [0.1, 0.15) is 32.1 Å². The lowest BCUT2D eigenvalue weighted by molar-refractivity contribution is -0.143. The lowest BCUT2D eigenvalue weighted by Gasteiger charge is -2.19. The van der Waals surface area contributed by atoms with Gasteiger partial charge in [0.15, 0.2) is 5.96 Å². The topological polar surface area (TPSA) is 39.7 Å². The molecule has 0 aromatic heterocycles. The average molecular weight is 434 g/mol. The molecule has 1 aliphatic carbocycles. The van der Waals surface area contributed by atoms with E-state index in [0.717, 1.165) is 25.3 Å². The van der Waals surface area contributed by atoms with Crippen molar-refractivity contribution in [2.24, 2.45) is 10.9 Å². The van der Waals surface area contributed by atoms with Crippen LogP contribution in [-0.4, -0.2) is 56.3 Å². The minimum atomic E-state index is -4.11.